The highest BCUT2D eigenvalue weighted by molar-refractivity contribution is 7.09. The topological polar surface area (TPSA) is 67.8 Å². The van der Waals surface area contributed by atoms with Crippen molar-refractivity contribution >= 4 is 17.3 Å². The molecule has 2 aromatic rings. The van der Waals surface area contributed by atoms with Gasteiger partial charge >= 0.3 is 0 Å². The minimum Gasteiger partial charge on any atom is -0.486 e. The monoisotopic (exact) mass is 360 g/mol. The number of rotatable bonds is 5. The lowest BCUT2D eigenvalue weighted by atomic mass is 10.2. The molecule has 7 heteroatoms. The molecule has 3 rings (SSSR count). The van der Waals surface area contributed by atoms with Gasteiger partial charge in [0.2, 0.25) is 0 Å². The lowest BCUT2D eigenvalue weighted by molar-refractivity contribution is 0.0936. The lowest BCUT2D eigenvalue weighted by Crippen LogP contribution is -2.45. The molecule has 0 bridgehead atoms. The van der Waals surface area contributed by atoms with Gasteiger partial charge in [0.1, 0.15) is 12.7 Å². The van der Waals surface area contributed by atoms with Gasteiger partial charge in [-0.05, 0) is 12.1 Å². The Bertz CT molecular complexity index is 729. The number of para-hydroxylation sites is 2. The van der Waals surface area contributed by atoms with Crippen molar-refractivity contribution in [3.8, 4) is 11.5 Å². The van der Waals surface area contributed by atoms with Crippen LogP contribution in [0.2, 0.25) is 0 Å². The highest BCUT2D eigenvalue weighted by Gasteiger charge is 2.20. The molecule has 134 valence electrons. The smallest absolute Gasteiger partial charge is 0.191 e. The summed E-state index contributed by atoms with van der Waals surface area (Å²) < 4.78 is 11.7. The van der Waals surface area contributed by atoms with Crippen LogP contribution in [0.3, 0.4) is 0 Å². The summed E-state index contributed by atoms with van der Waals surface area (Å²) >= 11 is 1.70. The van der Waals surface area contributed by atoms with Gasteiger partial charge in [0, 0.05) is 18.3 Å². The SMILES string of the molecule is CN=C(NCc1csc(C(C)C)n1)NCC1COc2ccccc2O1. The molecule has 6 nitrogen and oxygen atoms in total. The van der Waals surface area contributed by atoms with Crippen molar-refractivity contribution < 1.29 is 9.47 Å². The molecule has 0 aliphatic carbocycles. The molecule has 1 aromatic carbocycles. The fourth-order valence-corrected chi connectivity index (χ4v) is 3.27. The van der Waals surface area contributed by atoms with Crippen LogP contribution in [0.1, 0.15) is 30.5 Å². The quantitative estimate of drug-likeness (QED) is 0.634. The molecule has 1 aliphatic heterocycles. The van der Waals surface area contributed by atoms with Crippen molar-refractivity contribution in [2.75, 3.05) is 20.2 Å². The zero-order valence-electron chi connectivity index (χ0n) is 14.8. The molecule has 0 radical (unpaired) electrons. The molecule has 1 aromatic heterocycles. The summed E-state index contributed by atoms with van der Waals surface area (Å²) in [7, 11) is 1.75. The third kappa shape index (κ3) is 4.63. The molecular formula is C18H24N4O2S. The minimum absolute atomic E-state index is 0.0553. The average Bonchev–Trinajstić information content (AvgIpc) is 3.11. The number of thiazole rings is 1. The second kappa shape index (κ2) is 8.20. The Hall–Kier alpha value is -2.28. The molecular weight excluding hydrogens is 336 g/mol. The number of hydrogen-bond donors (Lipinski definition) is 2. The van der Waals surface area contributed by atoms with Gasteiger partial charge < -0.3 is 20.1 Å². The number of fused-ring (bicyclic) bond motifs is 1. The average molecular weight is 360 g/mol. The maximum absolute atomic E-state index is 5.94. The van der Waals surface area contributed by atoms with Crippen LogP contribution in [0.25, 0.3) is 0 Å². The first-order chi connectivity index (χ1) is 12.2. The first kappa shape index (κ1) is 17.5. The highest BCUT2D eigenvalue weighted by atomic mass is 32.1. The van der Waals surface area contributed by atoms with Gasteiger partial charge in [-0.25, -0.2) is 4.98 Å². The molecule has 1 atom stereocenters. The Kier molecular flexibility index (Phi) is 5.75. The largest absolute Gasteiger partial charge is 0.486 e. The molecule has 0 spiro atoms. The van der Waals surface area contributed by atoms with Crippen LogP contribution in [-0.4, -0.2) is 37.2 Å². The van der Waals surface area contributed by atoms with Crippen LogP contribution in [0.15, 0.2) is 34.6 Å². The first-order valence-corrected chi connectivity index (χ1v) is 9.31. The van der Waals surface area contributed by atoms with Crippen LogP contribution in [0.4, 0.5) is 0 Å². The van der Waals surface area contributed by atoms with Crippen molar-refractivity contribution in [1.82, 2.24) is 15.6 Å². The maximum atomic E-state index is 5.94. The van der Waals surface area contributed by atoms with E-state index in [4.69, 9.17) is 9.47 Å². The third-order valence-corrected chi connectivity index (χ3v) is 4.98. The van der Waals surface area contributed by atoms with Crippen LogP contribution in [0.5, 0.6) is 11.5 Å². The Balaban J connectivity index is 1.46. The normalized spacial score (nSPS) is 16.8. The van der Waals surface area contributed by atoms with Crippen LogP contribution in [-0.2, 0) is 6.54 Å². The molecule has 1 unspecified atom stereocenters. The zero-order valence-corrected chi connectivity index (χ0v) is 15.6. The van der Waals surface area contributed by atoms with E-state index in [1.54, 1.807) is 18.4 Å². The van der Waals surface area contributed by atoms with E-state index < -0.39 is 0 Å². The van der Waals surface area contributed by atoms with Gasteiger partial charge in [-0.15, -0.1) is 11.3 Å². The van der Waals surface area contributed by atoms with E-state index in [0.717, 1.165) is 28.2 Å². The van der Waals surface area contributed by atoms with Crippen LogP contribution in [0, 0.1) is 0 Å². The number of aliphatic imine (C=N–C) groups is 1. The van der Waals surface area contributed by atoms with Gasteiger partial charge in [0.05, 0.1) is 23.8 Å². The van der Waals surface area contributed by atoms with Crippen LogP contribution >= 0.6 is 11.3 Å². The van der Waals surface area contributed by atoms with E-state index in [-0.39, 0.29) is 6.10 Å². The Morgan fingerprint density at radius 3 is 2.84 bits per heavy atom. The van der Waals surface area contributed by atoms with E-state index in [1.165, 1.54) is 0 Å². The number of nitrogens with zero attached hydrogens (tertiary/aromatic N) is 2. The lowest BCUT2D eigenvalue weighted by Gasteiger charge is -2.27. The van der Waals surface area contributed by atoms with Gasteiger partial charge in [0.25, 0.3) is 0 Å². The summed E-state index contributed by atoms with van der Waals surface area (Å²) in [6.45, 7) is 6.09. The number of guanidine groups is 1. The predicted molar refractivity (Wildman–Crippen MR) is 101 cm³/mol. The molecule has 0 saturated carbocycles. The standard InChI is InChI=1S/C18H24N4O2S/c1-12(2)17-22-13(11-25-17)8-20-18(19-3)21-9-14-10-23-15-6-4-5-7-16(15)24-14/h4-7,11-12,14H,8-10H2,1-3H3,(H2,19,20,21). The molecule has 0 amide bonds. The summed E-state index contributed by atoms with van der Waals surface area (Å²) in [4.78, 5) is 8.87. The summed E-state index contributed by atoms with van der Waals surface area (Å²) in [6.07, 6.45) is -0.0553. The van der Waals surface area contributed by atoms with Crippen molar-refractivity contribution in [1.29, 1.82) is 0 Å². The van der Waals surface area contributed by atoms with Crippen molar-refractivity contribution in [2.45, 2.75) is 32.4 Å². The fourth-order valence-electron chi connectivity index (χ4n) is 2.44. The molecule has 0 saturated heterocycles. The van der Waals surface area contributed by atoms with E-state index in [0.29, 0.717) is 25.6 Å². The fraction of sp³-hybridized carbons (Fsp3) is 0.444. The van der Waals surface area contributed by atoms with Gasteiger partial charge in [0.15, 0.2) is 17.5 Å². The summed E-state index contributed by atoms with van der Waals surface area (Å²) in [5, 5.41) is 9.81. The number of hydrogen-bond acceptors (Lipinski definition) is 5. The Morgan fingerprint density at radius 2 is 2.12 bits per heavy atom. The van der Waals surface area contributed by atoms with Crippen molar-refractivity contribution in [3.63, 3.8) is 0 Å². The van der Waals surface area contributed by atoms with E-state index >= 15 is 0 Å². The minimum atomic E-state index is -0.0553. The summed E-state index contributed by atoms with van der Waals surface area (Å²) in [5.41, 5.74) is 1.03. The molecule has 0 fully saturated rings. The van der Waals surface area contributed by atoms with E-state index in [1.807, 2.05) is 24.3 Å². The zero-order chi connectivity index (χ0) is 17.6. The Morgan fingerprint density at radius 1 is 1.32 bits per heavy atom. The van der Waals surface area contributed by atoms with Crippen molar-refractivity contribution in [3.05, 3.63) is 40.3 Å². The number of aromatic nitrogens is 1. The predicted octanol–water partition coefficient (Wildman–Crippen LogP) is 2.77. The summed E-state index contributed by atoms with van der Waals surface area (Å²) in [5.74, 6) is 2.77. The second-order valence-electron chi connectivity index (χ2n) is 6.14. The van der Waals surface area contributed by atoms with Gasteiger partial charge in [-0.2, -0.15) is 0 Å². The first-order valence-electron chi connectivity index (χ1n) is 8.43. The second-order valence-corrected chi connectivity index (χ2v) is 7.03. The molecule has 1 aliphatic rings. The molecule has 2 N–H and O–H groups in total. The Labute approximate surface area is 152 Å². The molecule has 2 heterocycles. The van der Waals surface area contributed by atoms with E-state index in [2.05, 4.69) is 39.8 Å². The van der Waals surface area contributed by atoms with Crippen LogP contribution < -0.4 is 20.1 Å². The van der Waals surface area contributed by atoms with Gasteiger partial charge in [-0.1, -0.05) is 26.0 Å². The van der Waals surface area contributed by atoms with Gasteiger partial charge in [-0.3, -0.25) is 4.99 Å². The third-order valence-electron chi connectivity index (χ3n) is 3.79. The number of benzene rings is 1. The van der Waals surface area contributed by atoms with Crippen molar-refractivity contribution in [2.24, 2.45) is 4.99 Å². The van der Waals surface area contributed by atoms with E-state index in [9.17, 15) is 0 Å². The highest BCUT2D eigenvalue weighted by Crippen LogP contribution is 2.30. The summed E-state index contributed by atoms with van der Waals surface area (Å²) in [6, 6.07) is 7.72. The maximum Gasteiger partial charge on any atom is 0.191 e. The number of nitrogens with one attached hydrogen (secondary N) is 2. The molecule has 25 heavy (non-hydrogen) atoms. The number of ether oxygens (including phenoxy) is 2.